The Morgan fingerprint density at radius 2 is 1.67 bits per heavy atom. The maximum atomic E-state index is 13.1. The Morgan fingerprint density at radius 3 is 2.19 bits per heavy atom. The number of rotatable bonds is 8. The molecule has 2 aromatic carbocycles. The molecular formula is C18H20FN3O4S. The predicted octanol–water partition coefficient (Wildman–Crippen LogP) is 1.47. The highest BCUT2D eigenvalue weighted by Crippen LogP contribution is 2.20. The Labute approximate surface area is 156 Å². The molecule has 2 amide bonds. The number of amides is 2. The molecule has 0 fully saturated rings. The topological polar surface area (TPSA) is 118 Å². The zero-order chi connectivity index (χ0) is 20.0. The molecule has 0 aromatic heterocycles. The minimum atomic E-state index is -3.58. The molecule has 0 radical (unpaired) electrons. The van der Waals surface area contributed by atoms with Crippen LogP contribution in [0.5, 0.6) is 0 Å². The Morgan fingerprint density at radius 1 is 1.07 bits per heavy atom. The number of carbonyl (C=O) groups excluding carboxylic acids is 2. The third-order valence-corrected chi connectivity index (χ3v) is 4.35. The van der Waals surface area contributed by atoms with Crippen LogP contribution in [0.25, 0.3) is 0 Å². The smallest absolute Gasteiger partial charge is 0.226 e. The third-order valence-electron chi connectivity index (χ3n) is 3.63. The SMILES string of the molecule is CS(=O)(=O)N[C@@H](CC(=O)Nc1ccc(CC(N)=O)cc1)c1ccc(F)cc1. The lowest BCUT2D eigenvalue weighted by molar-refractivity contribution is -0.118. The first-order chi connectivity index (χ1) is 12.6. The van der Waals surface area contributed by atoms with E-state index in [1.165, 1.54) is 24.3 Å². The fourth-order valence-corrected chi connectivity index (χ4v) is 3.22. The molecule has 4 N–H and O–H groups in total. The second-order valence-electron chi connectivity index (χ2n) is 6.09. The summed E-state index contributed by atoms with van der Waals surface area (Å²) in [7, 11) is -3.58. The summed E-state index contributed by atoms with van der Waals surface area (Å²) >= 11 is 0. The average Bonchev–Trinajstić information content (AvgIpc) is 2.55. The van der Waals surface area contributed by atoms with E-state index in [2.05, 4.69) is 10.0 Å². The van der Waals surface area contributed by atoms with Gasteiger partial charge in [-0.2, -0.15) is 0 Å². The zero-order valence-electron chi connectivity index (χ0n) is 14.6. The van der Waals surface area contributed by atoms with Gasteiger partial charge in [0.1, 0.15) is 5.82 Å². The van der Waals surface area contributed by atoms with Crippen LogP contribution in [0, 0.1) is 5.82 Å². The molecule has 1 atom stereocenters. The van der Waals surface area contributed by atoms with Gasteiger partial charge >= 0.3 is 0 Å². The summed E-state index contributed by atoms with van der Waals surface area (Å²) in [4.78, 5) is 23.2. The maximum Gasteiger partial charge on any atom is 0.226 e. The normalized spacial score (nSPS) is 12.4. The summed E-state index contributed by atoms with van der Waals surface area (Å²) < 4.78 is 38.7. The third kappa shape index (κ3) is 7.16. The molecule has 2 rings (SSSR count). The fourth-order valence-electron chi connectivity index (χ4n) is 2.49. The van der Waals surface area contributed by atoms with Crippen molar-refractivity contribution in [1.82, 2.24) is 4.72 Å². The highest BCUT2D eigenvalue weighted by atomic mass is 32.2. The molecule has 9 heteroatoms. The lowest BCUT2D eigenvalue weighted by Crippen LogP contribution is -2.30. The quantitative estimate of drug-likeness (QED) is 0.629. The van der Waals surface area contributed by atoms with E-state index >= 15 is 0 Å². The predicted molar refractivity (Wildman–Crippen MR) is 99.7 cm³/mol. The summed E-state index contributed by atoms with van der Waals surface area (Å²) in [6.07, 6.45) is 0.903. The summed E-state index contributed by atoms with van der Waals surface area (Å²) in [6.45, 7) is 0. The average molecular weight is 393 g/mol. The van der Waals surface area contributed by atoms with Crippen LogP contribution in [-0.4, -0.2) is 26.5 Å². The number of nitrogens with two attached hydrogens (primary N) is 1. The number of sulfonamides is 1. The molecule has 0 aliphatic heterocycles. The van der Waals surface area contributed by atoms with Gasteiger partial charge in [-0.3, -0.25) is 9.59 Å². The number of carbonyl (C=O) groups is 2. The van der Waals surface area contributed by atoms with Crippen LogP contribution in [0.1, 0.15) is 23.6 Å². The van der Waals surface area contributed by atoms with Gasteiger partial charge in [-0.05, 0) is 35.4 Å². The van der Waals surface area contributed by atoms with Gasteiger partial charge in [0.25, 0.3) is 0 Å². The maximum absolute atomic E-state index is 13.1. The van der Waals surface area contributed by atoms with Gasteiger partial charge in [0.05, 0.1) is 18.7 Å². The van der Waals surface area contributed by atoms with Gasteiger partial charge in [-0.25, -0.2) is 17.5 Å². The molecule has 0 bridgehead atoms. The van der Waals surface area contributed by atoms with E-state index in [0.717, 1.165) is 6.26 Å². The number of benzene rings is 2. The largest absolute Gasteiger partial charge is 0.369 e. The molecule has 0 saturated carbocycles. The minimum absolute atomic E-state index is 0.0964. The number of halogens is 1. The standard InChI is InChI=1S/C18H20FN3O4S/c1-27(25,26)22-16(13-4-6-14(19)7-5-13)11-18(24)21-15-8-2-12(3-9-15)10-17(20)23/h2-9,16,22H,10-11H2,1H3,(H2,20,23)(H,21,24)/t16-/m0/s1. The number of nitrogens with one attached hydrogen (secondary N) is 2. The number of hydrogen-bond acceptors (Lipinski definition) is 4. The van der Waals surface area contributed by atoms with E-state index in [9.17, 15) is 22.4 Å². The summed E-state index contributed by atoms with van der Waals surface area (Å²) in [5.41, 5.74) is 6.79. The van der Waals surface area contributed by atoms with Crippen molar-refractivity contribution in [3.05, 3.63) is 65.5 Å². The molecule has 0 spiro atoms. The molecular weight excluding hydrogens is 373 g/mol. The lowest BCUT2D eigenvalue weighted by Gasteiger charge is -2.18. The lowest BCUT2D eigenvalue weighted by atomic mass is 10.0. The van der Waals surface area contributed by atoms with E-state index in [4.69, 9.17) is 5.73 Å². The van der Waals surface area contributed by atoms with Crippen molar-refractivity contribution < 1.29 is 22.4 Å². The Kier molecular flexibility index (Phi) is 6.65. The second-order valence-corrected chi connectivity index (χ2v) is 7.87. The first kappa shape index (κ1) is 20.5. The molecule has 0 heterocycles. The van der Waals surface area contributed by atoms with Crippen LogP contribution in [0.15, 0.2) is 48.5 Å². The molecule has 0 aliphatic rings. The number of anilines is 1. The van der Waals surface area contributed by atoms with Gasteiger partial charge in [0, 0.05) is 12.1 Å². The van der Waals surface area contributed by atoms with Crippen LogP contribution >= 0.6 is 0 Å². The van der Waals surface area contributed by atoms with E-state index in [1.807, 2.05) is 0 Å². The molecule has 0 saturated heterocycles. The fraction of sp³-hybridized carbons (Fsp3) is 0.222. The monoisotopic (exact) mass is 393 g/mol. The van der Waals surface area contributed by atoms with Gasteiger partial charge in [-0.1, -0.05) is 24.3 Å². The summed E-state index contributed by atoms with van der Waals surface area (Å²) in [5, 5.41) is 2.66. The van der Waals surface area contributed by atoms with Crippen molar-refractivity contribution in [3.63, 3.8) is 0 Å². The van der Waals surface area contributed by atoms with Crippen LogP contribution in [0.3, 0.4) is 0 Å². The molecule has 144 valence electrons. The Hall–Kier alpha value is -2.78. The van der Waals surface area contributed by atoms with Gasteiger partial charge in [-0.15, -0.1) is 0 Å². The first-order valence-corrected chi connectivity index (χ1v) is 9.91. The Bertz CT molecular complexity index is 913. The van der Waals surface area contributed by atoms with Gasteiger partial charge < -0.3 is 11.1 Å². The van der Waals surface area contributed by atoms with Crippen molar-refractivity contribution in [2.45, 2.75) is 18.9 Å². The van der Waals surface area contributed by atoms with Gasteiger partial charge in [0.2, 0.25) is 21.8 Å². The second kappa shape index (κ2) is 8.74. The first-order valence-electron chi connectivity index (χ1n) is 8.02. The zero-order valence-corrected chi connectivity index (χ0v) is 15.4. The van der Waals surface area contributed by atoms with E-state index in [1.54, 1.807) is 24.3 Å². The Balaban J connectivity index is 2.08. The van der Waals surface area contributed by atoms with E-state index < -0.39 is 33.7 Å². The minimum Gasteiger partial charge on any atom is -0.369 e. The molecule has 27 heavy (non-hydrogen) atoms. The highest BCUT2D eigenvalue weighted by Gasteiger charge is 2.20. The van der Waals surface area contributed by atoms with Crippen LogP contribution in [0.4, 0.5) is 10.1 Å². The molecule has 0 unspecified atom stereocenters. The molecule has 2 aromatic rings. The number of hydrogen-bond donors (Lipinski definition) is 3. The van der Waals surface area contributed by atoms with Crippen LogP contribution in [-0.2, 0) is 26.0 Å². The van der Waals surface area contributed by atoms with E-state index in [0.29, 0.717) is 16.8 Å². The van der Waals surface area contributed by atoms with Crippen molar-refractivity contribution in [2.24, 2.45) is 5.73 Å². The van der Waals surface area contributed by atoms with Crippen LogP contribution in [0.2, 0.25) is 0 Å². The van der Waals surface area contributed by atoms with Crippen LogP contribution < -0.4 is 15.8 Å². The summed E-state index contributed by atoms with van der Waals surface area (Å²) in [5.74, 6) is -1.35. The van der Waals surface area contributed by atoms with Crippen molar-refractivity contribution in [2.75, 3.05) is 11.6 Å². The van der Waals surface area contributed by atoms with Crippen molar-refractivity contribution in [1.29, 1.82) is 0 Å². The molecule has 0 aliphatic carbocycles. The molecule has 7 nitrogen and oxygen atoms in total. The van der Waals surface area contributed by atoms with Crippen molar-refractivity contribution >= 4 is 27.5 Å². The van der Waals surface area contributed by atoms with Crippen molar-refractivity contribution in [3.8, 4) is 0 Å². The number of primary amides is 1. The summed E-state index contributed by atoms with van der Waals surface area (Å²) in [6, 6.07) is 11.0. The van der Waals surface area contributed by atoms with E-state index in [-0.39, 0.29) is 12.8 Å². The highest BCUT2D eigenvalue weighted by molar-refractivity contribution is 7.88. The van der Waals surface area contributed by atoms with Gasteiger partial charge in [0.15, 0.2) is 0 Å².